The van der Waals surface area contributed by atoms with Crippen LogP contribution in [0.3, 0.4) is 0 Å². The first-order valence-electron chi connectivity index (χ1n) is 23.3. The van der Waals surface area contributed by atoms with Crippen molar-refractivity contribution in [2.45, 2.75) is 0 Å². The lowest BCUT2D eigenvalue weighted by atomic mass is 10.0. The highest BCUT2D eigenvalue weighted by molar-refractivity contribution is 7.26. The lowest BCUT2D eigenvalue weighted by Crippen LogP contribution is -2.04. The Balaban J connectivity index is 1.06. The van der Waals surface area contributed by atoms with Gasteiger partial charge >= 0.3 is 0 Å². The Labute approximate surface area is 401 Å². The number of fused-ring (bicyclic) bond motifs is 9. The smallest absolute Gasteiger partial charge is 0.166 e. The van der Waals surface area contributed by atoms with Crippen LogP contribution in [-0.4, -0.2) is 24.1 Å². The van der Waals surface area contributed by atoms with Crippen molar-refractivity contribution in [1.29, 1.82) is 0 Å². The molecule has 6 heteroatoms. The Morgan fingerprint density at radius 3 is 1.48 bits per heavy atom. The molecule has 0 N–H and O–H groups in total. The van der Waals surface area contributed by atoms with Crippen molar-refractivity contribution in [3.05, 3.63) is 237 Å². The maximum absolute atomic E-state index is 5.51. The molecular weight excluding hydrogens is 859 g/mol. The molecule has 0 aliphatic carbocycles. The average molecular weight is 898 g/mol. The van der Waals surface area contributed by atoms with Gasteiger partial charge in [0.25, 0.3) is 0 Å². The van der Waals surface area contributed by atoms with Gasteiger partial charge in [-0.05, 0) is 59.2 Å². The second-order valence-electron chi connectivity index (χ2n) is 17.5. The summed E-state index contributed by atoms with van der Waals surface area (Å²) in [4.78, 5) is 16.3. The first-order valence-corrected chi connectivity index (χ1v) is 24.1. The summed E-state index contributed by atoms with van der Waals surface area (Å²) in [6.45, 7) is 0. The lowest BCUT2D eigenvalue weighted by Gasteiger charge is -2.18. The molecule has 0 atom stereocenters. The fourth-order valence-corrected chi connectivity index (χ4v) is 11.7. The van der Waals surface area contributed by atoms with Gasteiger partial charge in [-0.1, -0.05) is 194 Å². The van der Waals surface area contributed by atoms with Crippen LogP contribution in [0.5, 0.6) is 0 Å². The third-order valence-electron chi connectivity index (χ3n) is 13.6. The second kappa shape index (κ2) is 15.8. The summed E-state index contributed by atoms with van der Waals surface area (Å²) in [5.74, 6) is 1.86. The van der Waals surface area contributed by atoms with E-state index in [1.54, 1.807) is 11.3 Å². The molecule has 0 saturated carbocycles. The zero-order valence-corrected chi connectivity index (χ0v) is 38.0. The van der Waals surface area contributed by atoms with Crippen molar-refractivity contribution in [2.75, 3.05) is 0 Å². The topological polar surface area (TPSA) is 48.5 Å². The number of rotatable bonds is 7. The van der Waals surface area contributed by atoms with Crippen LogP contribution < -0.4 is 0 Å². The minimum Gasteiger partial charge on any atom is -0.307 e. The van der Waals surface area contributed by atoms with Gasteiger partial charge in [-0.25, -0.2) is 15.0 Å². The van der Waals surface area contributed by atoms with Crippen LogP contribution in [0.1, 0.15) is 0 Å². The van der Waals surface area contributed by atoms with Crippen molar-refractivity contribution in [3.63, 3.8) is 0 Å². The molecule has 0 aliphatic heterocycles. The fraction of sp³-hybridized carbons (Fsp3) is 0. The number of aromatic nitrogens is 5. The van der Waals surface area contributed by atoms with Crippen LogP contribution in [0.25, 0.3) is 132 Å². The number of thiophene rings is 1. The molecule has 10 aromatic carbocycles. The molecular formula is C63H39N5S. The quantitative estimate of drug-likeness (QED) is 0.160. The van der Waals surface area contributed by atoms with Gasteiger partial charge in [-0.2, -0.15) is 0 Å². The molecule has 0 radical (unpaired) electrons. The van der Waals surface area contributed by atoms with Gasteiger partial charge < -0.3 is 9.13 Å². The molecule has 14 aromatic rings. The van der Waals surface area contributed by atoms with Crippen LogP contribution in [0.2, 0.25) is 0 Å². The van der Waals surface area contributed by atoms with Crippen molar-refractivity contribution < 1.29 is 0 Å². The summed E-state index contributed by atoms with van der Waals surface area (Å²) in [6.07, 6.45) is 0. The maximum Gasteiger partial charge on any atom is 0.166 e. The first-order chi connectivity index (χ1) is 34.2. The van der Waals surface area contributed by atoms with Crippen LogP contribution >= 0.6 is 11.3 Å². The Hall–Kier alpha value is -8.97. The van der Waals surface area contributed by atoms with E-state index in [0.717, 1.165) is 87.9 Å². The van der Waals surface area contributed by atoms with Crippen LogP contribution in [0.15, 0.2) is 237 Å². The van der Waals surface area contributed by atoms with E-state index in [4.69, 9.17) is 15.0 Å². The van der Waals surface area contributed by atoms with Gasteiger partial charge in [0.1, 0.15) is 0 Å². The van der Waals surface area contributed by atoms with Gasteiger partial charge in [0.05, 0.1) is 33.4 Å². The van der Waals surface area contributed by atoms with Gasteiger partial charge in [0.2, 0.25) is 0 Å². The highest BCUT2D eigenvalue weighted by Crippen LogP contribution is 2.44. The third kappa shape index (κ3) is 6.27. The van der Waals surface area contributed by atoms with Crippen molar-refractivity contribution in [2.24, 2.45) is 0 Å². The van der Waals surface area contributed by atoms with E-state index >= 15 is 0 Å². The largest absolute Gasteiger partial charge is 0.307 e. The van der Waals surface area contributed by atoms with Gasteiger partial charge in [-0.3, -0.25) is 0 Å². The van der Waals surface area contributed by atoms with Crippen LogP contribution in [-0.2, 0) is 0 Å². The van der Waals surface area contributed by atoms with Crippen molar-refractivity contribution in [1.82, 2.24) is 24.1 Å². The monoisotopic (exact) mass is 897 g/mol. The summed E-state index contributed by atoms with van der Waals surface area (Å²) in [5.41, 5.74) is 14.0. The van der Waals surface area contributed by atoms with Gasteiger partial charge in [0.15, 0.2) is 17.5 Å². The molecule has 0 unspecified atom stereocenters. The summed E-state index contributed by atoms with van der Waals surface area (Å²) in [7, 11) is 0. The molecule has 0 fully saturated rings. The number of hydrogen-bond donors (Lipinski definition) is 0. The zero-order chi connectivity index (χ0) is 45.4. The minimum absolute atomic E-state index is 0.608. The molecule has 0 aliphatic rings. The minimum atomic E-state index is 0.608. The van der Waals surface area contributed by atoms with Gasteiger partial charge in [-0.15, -0.1) is 11.3 Å². The van der Waals surface area contributed by atoms with Crippen LogP contribution in [0, 0.1) is 0 Å². The summed E-state index contributed by atoms with van der Waals surface area (Å²) in [5, 5.41) is 7.07. The number of para-hydroxylation sites is 5. The Morgan fingerprint density at radius 2 is 0.739 bits per heavy atom. The molecule has 0 saturated heterocycles. The number of hydrogen-bond acceptors (Lipinski definition) is 4. The SMILES string of the molecule is c1ccc(-c2ccc(-c3nc(-c4cccc5c4sc4ccccc45)nc(-c4cccc5c6ccccc6n(-c6cccc7c8ccccc8n(-c8ccccc8-c8ccccc8)c67)c45)n3)cc2)cc1. The molecule has 4 heterocycles. The molecule has 14 rings (SSSR count). The highest BCUT2D eigenvalue weighted by Gasteiger charge is 2.25. The molecule has 5 nitrogen and oxygen atoms in total. The molecule has 0 amide bonds. The maximum atomic E-state index is 5.51. The van der Waals surface area contributed by atoms with E-state index in [0.29, 0.717) is 17.5 Å². The number of nitrogens with zero attached hydrogens (tertiary/aromatic N) is 5. The summed E-state index contributed by atoms with van der Waals surface area (Å²) in [6, 6.07) is 84.5. The summed E-state index contributed by atoms with van der Waals surface area (Å²) < 4.78 is 7.31. The van der Waals surface area contributed by atoms with E-state index in [1.807, 2.05) is 6.07 Å². The lowest BCUT2D eigenvalue weighted by molar-refractivity contribution is 1.07. The first kappa shape index (κ1) is 39.2. The highest BCUT2D eigenvalue weighted by atomic mass is 32.1. The average Bonchev–Trinajstić information content (AvgIpc) is 4.09. The van der Waals surface area contributed by atoms with E-state index < -0.39 is 0 Å². The van der Waals surface area contributed by atoms with E-state index in [-0.39, 0.29) is 0 Å². The molecule has 322 valence electrons. The summed E-state index contributed by atoms with van der Waals surface area (Å²) >= 11 is 1.79. The molecule has 4 aromatic heterocycles. The van der Waals surface area contributed by atoms with E-state index in [1.165, 1.54) is 26.2 Å². The standard InChI is InChI=1S/C63H39N5S/c1-3-18-40(19-4-1)41-36-38-43(39-37-41)61-64-62(66-63(65-61)52-30-16-28-50-47-25-10-14-35-57(47)69-60(50)52)51-29-15-26-48-45-23-8-13-33-55(45)68(58(48)51)56-34-17-27-49-46-24-9-12-32-54(46)67(59(49)56)53-31-11-7-22-44(53)42-20-5-2-6-21-42/h1-39H. The Kier molecular flexibility index (Phi) is 9.00. The fourth-order valence-electron chi connectivity index (χ4n) is 10.5. The van der Waals surface area contributed by atoms with Gasteiger partial charge in [0, 0.05) is 64.0 Å². The predicted octanol–water partition coefficient (Wildman–Crippen LogP) is 16.8. The van der Waals surface area contributed by atoms with Crippen molar-refractivity contribution in [3.8, 4) is 67.8 Å². The van der Waals surface area contributed by atoms with E-state index in [9.17, 15) is 0 Å². The Bertz CT molecular complexity index is 4300. The predicted molar refractivity (Wildman–Crippen MR) is 289 cm³/mol. The van der Waals surface area contributed by atoms with Crippen LogP contribution in [0.4, 0.5) is 0 Å². The number of benzene rings is 10. The van der Waals surface area contributed by atoms with E-state index in [2.05, 4.69) is 240 Å². The third-order valence-corrected chi connectivity index (χ3v) is 14.8. The molecule has 0 spiro atoms. The normalized spacial score (nSPS) is 11.8. The van der Waals surface area contributed by atoms with Crippen molar-refractivity contribution >= 4 is 75.1 Å². The molecule has 69 heavy (non-hydrogen) atoms. The Morgan fingerprint density at radius 1 is 0.275 bits per heavy atom. The zero-order valence-electron chi connectivity index (χ0n) is 37.2. The second-order valence-corrected chi connectivity index (χ2v) is 18.5. The molecule has 0 bridgehead atoms.